The first-order valence-corrected chi connectivity index (χ1v) is 4.76. The Morgan fingerprint density at radius 3 is 2.60 bits per heavy atom. The molecular formula is C14H14O. The van der Waals surface area contributed by atoms with E-state index in [4.69, 9.17) is 5.11 Å². The van der Waals surface area contributed by atoms with Crippen molar-refractivity contribution in [1.29, 1.82) is 0 Å². The van der Waals surface area contributed by atoms with Gasteiger partial charge in [0.15, 0.2) is 0 Å². The van der Waals surface area contributed by atoms with Gasteiger partial charge in [-0.25, -0.2) is 0 Å². The summed E-state index contributed by atoms with van der Waals surface area (Å²) in [5.74, 6) is 15.9. The highest BCUT2D eigenvalue weighted by atomic mass is 16.2. The van der Waals surface area contributed by atoms with Crippen LogP contribution in [0.5, 0.6) is 0 Å². The number of hydrogen-bond acceptors (Lipinski definition) is 1. The zero-order valence-corrected chi connectivity index (χ0v) is 8.88. The fourth-order valence-electron chi connectivity index (χ4n) is 0.690. The van der Waals surface area contributed by atoms with Gasteiger partial charge in [-0.1, -0.05) is 30.1 Å². The van der Waals surface area contributed by atoms with Crippen molar-refractivity contribution in [1.82, 2.24) is 0 Å². The van der Waals surface area contributed by atoms with Gasteiger partial charge in [-0.3, -0.25) is 0 Å². The van der Waals surface area contributed by atoms with E-state index in [0.717, 1.165) is 12.8 Å². The molecule has 0 spiro atoms. The molecule has 0 heterocycles. The Bertz CT molecular complexity index is 380. The first-order valence-electron chi connectivity index (χ1n) is 4.76. The summed E-state index contributed by atoms with van der Waals surface area (Å²) < 4.78 is 0. The van der Waals surface area contributed by atoms with Gasteiger partial charge in [0, 0.05) is 6.61 Å². The second-order valence-electron chi connectivity index (χ2n) is 2.55. The van der Waals surface area contributed by atoms with Crippen LogP contribution in [0, 0.1) is 35.5 Å². The molecule has 76 valence electrons. The Kier molecular flexibility index (Phi) is 10.6. The lowest BCUT2D eigenvalue weighted by molar-refractivity contribution is 0.289. The summed E-state index contributed by atoms with van der Waals surface area (Å²) in [6, 6.07) is 0. The van der Waals surface area contributed by atoms with E-state index in [1.54, 1.807) is 13.0 Å². The highest BCUT2D eigenvalue weighted by Crippen LogP contribution is 1.88. The molecule has 0 saturated heterocycles. The summed E-state index contributed by atoms with van der Waals surface area (Å²) in [6.45, 7) is 1.97. The fourth-order valence-corrected chi connectivity index (χ4v) is 0.690. The molecule has 0 bridgehead atoms. The molecule has 1 heteroatoms. The van der Waals surface area contributed by atoms with Crippen molar-refractivity contribution in [2.45, 2.75) is 19.8 Å². The summed E-state index contributed by atoms with van der Waals surface area (Å²) in [5, 5.41) is 8.51. The van der Waals surface area contributed by atoms with Gasteiger partial charge in [0.1, 0.15) is 0 Å². The smallest absolute Gasteiger partial charge is 0.0433 e. The molecule has 0 saturated carbocycles. The van der Waals surface area contributed by atoms with Crippen LogP contribution in [0.4, 0.5) is 0 Å². The normalized spacial score (nSPS) is 8.67. The van der Waals surface area contributed by atoms with Gasteiger partial charge in [0.25, 0.3) is 0 Å². The third kappa shape index (κ3) is 12.1. The SMILES string of the molecule is CC#CC#CC#C/C=C/C=C/CCCO. The molecule has 1 N–H and O–H groups in total. The fraction of sp³-hybridized carbons (Fsp3) is 0.286. The molecule has 0 aromatic rings. The first kappa shape index (κ1) is 13.1. The van der Waals surface area contributed by atoms with Crippen molar-refractivity contribution >= 4 is 0 Å². The predicted octanol–water partition coefficient (Wildman–Crippen LogP) is 1.90. The summed E-state index contributed by atoms with van der Waals surface area (Å²) >= 11 is 0. The number of unbranched alkanes of at least 4 members (excludes halogenated alkanes) is 1. The minimum Gasteiger partial charge on any atom is -0.396 e. The molecule has 1 nitrogen and oxygen atoms in total. The van der Waals surface area contributed by atoms with Crippen LogP contribution in [-0.2, 0) is 0 Å². The number of allylic oxidation sites excluding steroid dienone is 4. The Balaban J connectivity index is 3.74. The van der Waals surface area contributed by atoms with Crippen LogP contribution < -0.4 is 0 Å². The quantitative estimate of drug-likeness (QED) is 0.415. The van der Waals surface area contributed by atoms with Gasteiger partial charge in [0.05, 0.1) is 0 Å². The Morgan fingerprint density at radius 1 is 1.07 bits per heavy atom. The number of aliphatic hydroxyl groups excluding tert-OH is 1. The van der Waals surface area contributed by atoms with Crippen LogP contribution in [0.25, 0.3) is 0 Å². The van der Waals surface area contributed by atoms with Crippen LogP contribution in [0.1, 0.15) is 19.8 Å². The third-order valence-electron chi connectivity index (χ3n) is 1.34. The molecule has 0 aliphatic carbocycles. The van der Waals surface area contributed by atoms with Crippen molar-refractivity contribution in [2.75, 3.05) is 6.61 Å². The van der Waals surface area contributed by atoms with Crippen LogP contribution >= 0.6 is 0 Å². The minimum absolute atomic E-state index is 0.238. The van der Waals surface area contributed by atoms with Gasteiger partial charge in [0.2, 0.25) is 0 Å². The maximum absolute atomic E-state index is 8.51. The highest BCUT2D eigenvalue weighted by Gasteiger charge is 1.75. The number of aliphatic hydroxyl groups is 1. The van der Waals surface area contributed by atoms with Gasteiger partial charge in [-0.05, 0) is 49.5 Å². The molecule has 0 aliphatic heterocycles. The van der Waals surface area contributed by atoms with Gasteiger partial charge >= 0.3 is 0 Å². The van der Waals surface area contributed by atoms with Crippen LogP contribution in [0.3, 0.4) is 0 Å². The van der Waals surface area contributed by atoms with Crippen molar-refractivity contribution in [3.05, 3.63) is 24.3 Å². The number of rotatable bonds is 4. The Hall–Kier alpha value is -1.88. The molecule has 0 amide bonds. The molecule has 0 aromatic carbocycles. The van der Waals surface area contributed by atoms with E-state index in [-0.39, 0.29) is 6.61 Å². The van der Waals surface area contributed by atoms with Gasteiger partial charge in [-0.15, -0.1) is 0 Å². The maximum atomic E-state index is 8.51. The molecular weight excluding hydrogens is 184 g/mol. The molecule has 0 atom stereocenters. The van der Waals surface area contributed by atoms with Gasteiger partial charge in [-0.2, -0.15) is 0 Å². The predicted molar refractivity (Wildman–Crippen MR) is 63.6 cm³/mol. The Morgan fingerprint density at radius 2 is 1.87 bits per heavy atom. The topological polar surface area (TPSA) is 20.2 Å². The zero-order chi connectivity index (χ0) is 11.2. The van der Waals surface area contributed by atoms with Crippen LogP contribution in [0.2, 0.25) is 0 Å². The van der Waals surface area contributed by atoms with Crippen LogP contribution in [0.15, 0.2) is 24.3 Å². The molecule has 0 rings (SSSR count). The van der Waals surface area contributed by atoms with Gasteiger partial charge < -0.3 is 5.11 Å². The summed E-state index contributed by atoms with van der Waals surface area (Å²) in [5.41, 5.74) is 0. The lowest BCUT2D eigenvalue weighted by atomic mass is 10.3. The molecule has 15 heavy (non-hydrogen) atoms. The Labute approximate surface area is 91.9 Å². The van der Waals surface area contributed by atoms with E-state index < -0.39 is 0 Å². The lowest BCUT2D eigenvalue weighted by Crippen LogP contribution is -1.77. The average Bonchev–Trinajstić information content (AvgIpc) is 2.26. The molecule has 0 fully saturated rings. The van der Waals surface area contributed by atoms with E-state index >= 15 is 0 Å². The standard InChI is InChI=1S/C14H14O/c1-2-3-4-5-6-7-8-9-10-11-12-13-14-15/h8-11,15H,12-14H2,1H3/b9-8+,11-10+. The average molecular weight is 198 g/mol. The van der Waals surface area contributed by atoms with E-state index in [2.05, 4.69) is 35.5 Å². The summed E-state index contributed by atoms with van der Waals surface area (Å²) in [7, 11) is 0. The first-order chi connectivity index (χ1) is 7.41. The van der Waals surface area contributed by atoms with E-state index in [1.165, 1.54) is 0 Å². The molecule has 0 aromatic heterocycles. The van der Waals surface area contributed by atoms with Crippen molar-refractivity contribution in [2.24, 2.45) is 0 Å². The molecule has 0 aliphatic rings. The van der Waals surface area contributed by atoms with Crippen molar-refractivity contribution < 1.29 is 5.11 Å². The summed E-state index contributed by atoms with van der Waals surface area (Å²) in [4.78, 5) is 0. The van der Waals surface area contributed by atoms with Crippen LogP contribution in [-0.4, -0.2) is 11.7 Å². The van der Waals surface area contributed by atoms with E-state index in [1.807, 2.05) is 18.2 Å². The molecule has 0 radical (unpaired) electrons. The monoisotopic (exact) mass is 198 g/mol. The largest absolute Gasteiger partial charge is 0.396 e. The third-order valence-corrected chi connectivity index (χ3v) is 1.34. The van der Waals surface area contributed by atoms with E-state index in [0.29, 0.717) is 0 Å². The zero-order valence-electron chi connectivity index (χ0n) is 8.88. The minimum atomic E-state index is 0.238. The van der Waals surface area contributed by atoms with E-state index in [9.17, 15) is 0 Å². The second kappa shape index (κ2) is 12.1. The maximum Gasteiger partial charge on any atom is 0.0433 e. The number of hydrogen-bond donors (Lipinski definition) is 1. The lowest BCUT2D eigenvalue weighted by Gasteiger charge is -1.84. The summed E-state index contributed by atoms with van der Waals surface area (Å²) in [6.07, 6.45) is 9.16. The van der Waals surface area contributed by atoms with Crippen molar-refractivity contribution in [3.63, 3.8) is 0 Å². The van der Waals surface area contributed by atoms with Crippen molar-refractivity contribution in [3.8, 4) is 35.5 Å². The second-order valence-corrected chi connectivity index (χ2v) is 2.55. The molecule has 0 unspecified atom stereocenters. The highest BCUT2D eigenvalue weighted by molar-refractivity contribution is 5.37.